The van der Waals surface area contributed by atoms with Gasteiger partial charge in [0, 0.05) is 0 Å². The van der Waals surface area contributed by atoms with Crippen molar-refractivity contribution in [2.75, 3.05) is 6.61 Å². The molecule has 7 nitrogen and oxygen atoms in total. The molecule has 0 rings (SSSR count). The minimum Gasteiger partial charge on any atom is -0.302 e. The largest absolute Gasteiger partial charge is 0.481 e. The zero-order valence-corrected chi connectivity index (χ0v) is 20.5. The first-order chi connectivity index (χ1) is 13.3. The van der Waals surface area contributed by atoms with Crippen molar-refractivity contribution >= 4 is 15.6 Å². The number of hydrogen-bond acceptors (Lipinski definition) is 4. The molecule has 174 valence electrons. The van der Waals surface area contributed by atoms with Crippen LogP contribution in [0.1, 0.15) is 92.4 Å². The number of allylic oxidation sites excluding steroid dienone is 1. The van der Waals surface area contributed by atoms with E-state index in [0.717, 1.165) is 36.7 Å². The van der Waals surface area contributed by atoms with Gasteiger partial charge >= 0.3 is 15.6 Å². The van der Waals surface area contributed by atoms with Crippen LogP contribution < -0.4 is 0 Å². The molecule has 0 bridgehead atoms. The van der Waals surface area contributed by atoms with Gasteiger partial charge in [-0.3, -0.25) is 4.52 Å². The number of hydrogen-bond donors (Lipinski definition) is 3. The lowest BCUT2D eigenvalue weighted by molar-refractivity contribution is 0.191. The molecule has 9 heteroatoms. The van der Waals surface area contributed by atoms with Crippen LogP contribution in [0.3, 0.4) is 0 Å². The van der Waals surface area contributed by atoms with E-state index in [1.165, 1.54) is 38.5 Å². The molecule has 0 amide bonds. The van der Waals surface area contributed by atoms with Gasteiger partial charge in [0.05, 0.1) is 6.61 Å². The molecule has 0 aliphatic carbocycles. The SMILES string of the molecule is C/C(=C\COP(=O)(O)OP(=O)(O)O)CCC[C@@H](C)CCC[C@H](C)CCCC(C)C. The Labute approximate surface area is 177 Å². The van der Waals surface area contributed by atoms with Crippen LogP contribution in [0.2, 0.25) is 0 Å². The van der Waals surface area contributed by atoms with Crippen molar-refractivity contribution in [3.63, 3.8) is 0 Å². The monoisotopic (exact) mass is 456 g/mol. The molecule has 0 aliphatic rings. The van der Waals surface area contributed by atoms with Crippen LogP contribution in [-0.2, 0) is 18.0 Å². The topological polar surface area (TPSA) is 113 Å². The summed E-state index contributed by atoms with van der Waals surface area (Å²) in [5, 5.41) is 0. The minimum absolute atomic E-state index is 0.232. The number of phosphoric acid groups is 2. The molecule has 3 N–H and O–H groups in total. The van der Waals surface area contributed by atoms with E-state index < -0.39 is 15.6 Å². The van der Waals surface area contributed by atoms with Crippen molar-refractivity contribution in [3.05, 3.63) is 11.6 Å². The molecule has 29 heavy (non-hydrogen) atoms. The van der Waals surface area contributed by atoms with Crippen molar-refractivity contribution in [1.82, 2.24) is 0 Å². The highest BCUT2D eigenvalue weighted by molar-refractivity contribution is 7.60. The zero-order chi connectivity index (χ0) is 22.5. The van der Waals surface area contributed by atoms with Gasteiger partial charge in [-0.2, -0.15) is 4.31 Å². The Kier molecular flexibility index (Phi) is 14.9. The molecule has 0 fully saturated rings. The summed E-state index contributed by atoms with van der Waals surface area (Å²) in [6.07, 6.45) is 12.5. The van der Waals surface area contributed by atoms with E-state index in [-0.39, 0.29) is 6.61 Å². The third-order valence-corrected chi connectivity index (χ3v) is 7.17. The second kappa shape index (κ2) is 14.9. The minimum atomic E-state index is -5.06. The molecule has 0 aliphatic heterocycles. The third kappa shape index (κ3) is 19.7. The molecule has 1 unspecified atom stereocenters. The van der Waals surface area contributed by atoms with Gasteiger partial charge < -0.3 is 14.7 Å². The Hall–Kier alpha value is -0.0000000000000000416. The molecule has 0 aromatic heterocycles. The highest BCUT2D eigenvalue weighted by atomic mass is 31.3. The average Bonchev–Trinajstić information content (AvgIpc) is 2.51. The van der Waals surface area contributed by atoms with Gasteiger partial charge in [0.1, 0.15) is 0 Å². The number of phosphoric ester groups is 1. The lowest BCUT2D eigenvalue weighted by Gasteiger charge is -2.15. The first-order valence-electron chi connectivity index (χ1n) is 10.7. The van der Waals surface area contributed by atoms with E-state index in [2.05, 4.69) is 36.5 Å². The molecular weight excluding hydrogens is 414 g/mol. The Morgan fingerprint density at radius 3 is 1.83 bits per heavy atom. The first-order valence-corrected chi connectivity index (χ1v) is 13.7. The van der Waals surface area contributed by atoms with Gasteiger partial charge in [0.15, 0.2) is 0 Å². The summed E-state index contributed by atoms with van der Waals surface area (Å²) in [7, 11) is -9.82. The highest BCUT2D eigenvalue weighted by Gasteiger charge is 2.31. The maximum atomic E-state index is 11.3. The molecule has 0 saturated carbocycles. The van der Waals surface area contributed by atoms with Crippen LogP contribution in [-0.4, -0.2) is 21.3 Å². The second-order valence-electron chi connectivity index (χ2n) is 8.75. The summed E-state index contributed by atoms with van der Waals surface area (Å²) in [6.45, 7) is 10.9. The second-order valence-corrected chi connectivity index (χ2v) is 11.6. The summed E-state index contributed by atoms with van der Waals surface area (Å²) >= 11 is 0. The summed E-state index contributed by atoms with van der Waals surface area (Å²) < 4.78 is 30.2. The Morgan fingerprint density at radius 1 is 0.862 bits per heavy atom. The molecule has 3 atom stereocenters. The third-order valence-electron chi connectivity index (χ3n) is 5.02. The van der Waals surface area contributed by atoms with Crippen LogP contribution in [0.4, 0.5) is 0 Å². The van der Waals surface area contributed by atoms with E-state index in [4.69, 9.17) is 9.79 Å². The lowest BCUT2D eigenvalue weighted by Crippen LogP contribution is -2.00. The summed E-state index contributed by atoms with van der Waals surface area (Å²) in [5.74, 6) is 2.28. The van der Waals surface area contributed by atoms with E-state index >= 15 is 0 Å². The Bertz CT molecular complexity index is 557. The van der Waals surface area contributed by atoms with Gasteiger partial charge in [0.25, 0.3) is 0 Å². The maximum Gasteiger partial charge on any atom is 0.481 e. The summed E-state index contributed by atoms with van der Waals surface area (Å²) in [5.41, 5.74) is 1.01. The van der Waals surface area contributed by atoms with Crippen LogP contribution in [0.15, 0.2) is 11.6 Å². The van der Waals surface area contributed by atoms with E-state index in [9.17, 15) is 14.0 Å². The fourth-order valence-corrected chi connectivity index (χ4v) is 4.77. The predicted octanol–water partition coefficient (Wildman–Crippen LogP) is 6.60. The smallest absolute Gasteiger partial charge is 0.302 e. The molecule has 0 aromatic carbocycles. The van der Waals surface area contributed by atoms with Gasteiger partial charge in [-0.05, 0) is 37.5 Å². The fourth-order valence-electron chi connectivity index (χ4n) is 3.24. The zero-order valence-electron chi connectivity index (χ0n) is 18.7. The lowest BCUT2D eigenvalue weighted by atomic mass is 9.91. The van der Waals surface area contributed by atoms with Crippen molar-refractivity contribution in [1.29, 1.82) is 0 Å². The first kappa shape index (κ1) is 29.0. The summed E-state index contributed by atoms with van der Waals surface area (Å²) in [4.78, 5) is 26.3. The van der Waals surface area contributed by atoms with Gasteiger partial charge in [-0.25, -0.2) is 9.13 Å². The van der Waals surface area contributed by atoms with Gasteiger partial charge in [-0.15, -0.1) is 0 Å². The van der Waals surface area contributed by atoms with Crippen LogP contribution >= 0.6 is 15.6 Å². The normalized spacial score (nSPS) is 17.3. The van der Waals surface area contributed by atoms with E-state index in [1.54, 1.807) is 6.08 Å². The standard InChI is InChI=1S/C20H42O7P2/c1-17(2)9-6-10-18(3)11-7-12-19(4)13-8-14-20(5)15-16-26-29(24,25)27-28(21,22)23/h15,17-19H,6-14,16H2,1-5H3,(H,24,25)(H2,21,22,23)/b20-15+/t18-,19+/m1/s1. The fraction of sp³-hybridized carbons (Fsp3) is 0.900. The maximum absolute atomic E-state index is 11.3. The van der Waals surface area contributed by atoms with E-state index in [1.807, 2.05) is 6.92 Å². The van der Waals surface area contributed by atoms with Gasteiger partial charge in [0.2, 0.25) is 0 Å². The molecule has 0 heterocycles. The van der Waals surface area contributed by atoms with Crippen molar-refractivity contribution in [2.45, 2.75) is 92.4 Å². The molecule has 0 spiro atoms. The Balaban J connectivity index is 3.89. The summed E-state index contributed by atoms with van der Waals surface area (Å²) in [6, 6.07) is 0. The van der Waals surface area contributed by atoms with Crippen molar-refractivity contribution < 1.29 is 32.6 Å². The molecule has 0 saturated heterocycles. The Morgan fingerprint density at radius 2 is 1.34 bits per heavy atom. The van der Waals surface area contributed by atoms with Crippen LogP contribution in [0.25, 0.3) is 0 Å². The van der Waals surface area contributed by atoms with Crippen LogP contribution in [0, 0.1) is 17.8 Å². The number of rotatable bonds is 17. The molecule has 0 aromatic rings. The van der Waals surface area contributed by atoms with Crippen LogP contribution in [0.5, 0.6) is 0 Å². The van der Waals surface area contributed by atoms with Crippen molar-refractivity contribution in [3.8, 4) is 0 Å². The molecular formula is C20H42O7P2. The highest BCUT2D eigenvalue weighted by Crippen LogP contribution is 2.57. The predicted molar refractivity (Wildman–Crippen MR) is 117 cm³/mol. The quantitative estimate of drug-likeness (QED) is 0.167. The van der Waals surface area contributed by atoms with Gasteiger partial charge in [-0.1, -0.05) is 84.3 Å². The van der Waals surface area contributed by atoms with E-state index in [0.29, 0.717) is 5.92 Å². The van der Waals surface area contributed by atoms with Crippen molar-refractivity contribution in [2.24, 2.45) is 17.8 Å². The molecule has 0 radical (unpaired) electrons. The average molecular weight is 456 g/mol.